The lowest BCUT2D eigenvalue weighted by molar-refractivity contribution is -0.539. The van der Waals surface area contributed by atoms with E-state index in [0.29, 0.717) is 0 Å². The summed E-state index contributed by atoms with van der Waals surface area (Å²) in [5, 5.41) is 13.5. The van der Waals surface area contributed by atoms with E-state index in [1.165, 1.54) is 0 Å². The van der Waals surface area contributed by atoms with Gasteiger partial charge in [-0.05, 0) is 0 Å². The van der Waals surface area contributed by atoms with Gasteiger partial charge in [0.05, 0.1) is 5.29 Å². The van der Waals surface area contributed by atoms with Crippen molar-refractivity contribution in [3.63, 3.8) is 0 Å². The van der Waals surface area contributed by atoms with Crippen LogP contribution in [-0.4, -0.2) is 29.1 Å². The molecule has 0 unspecified atom stereocenters. The average molecular weight is 131 g/mol. The number of hydrogen-bond donors (Lipinski definition) is 0. The Morgan fingerprint density at radius 1 is 1.67 bits per heavy atom. The van der Waals surface area contributed by atoms with E-state index in [1.54, 1.807) is 0 Å². The molecule has 1 heterocycles. The van der Waals surface area contributed by atoms with Crippen LogP contribution >= 0.6 is 0 Å². The summed E-state index contributed by atoms with van der Waals surface area (Å²) < 4.78 is 0. The van der Waals surface area contributed by atoms with Crippen LogP contribution < -0.4 is 0 Å². The van der Waals surface area contributed by atoms with Crippen LogP contribution in [0.3, 0.4) is 0 Å². The van der Waals surface area contributed by atoms with E-state index in [1.807, 2.05) is 0 Å². The average Bonchev–Trinajstić information content (AvgIpc) is 1.61. The summed E-state index contributed by atoms with van der Waals surface area (Å²) in [5.41, 5.74) is 0. The first-order valence-electron chi connectivity index (χ1n) is 2.45. The second-order valence-corrected chi connectivity index (χ2v) is 1.89. The van der Waals surface area contributed by atoms with Gasteiger partial charge in [-0.25, -0.2) is 5.01 Å². The summed E-state index contributed by atoms with van der Waals surface area (Å²) in [6, 6.07) is -0.581. The molecule has 0 aliphatic carbocycles. The first kappa shape index (κ1) is 5.93. The van der Waals surface area contributed by atoms with Crippen molar-refractivity contribution < 1.29 is 4.92 Å². The number of rotatable bonds is 2. The molecule has 0 bridgehead atoms. The quantitative estimate of drug-likeness (QED) is 0.291. The fraction of sp³-hybridized carbons (Fsp3) is 1.00. The second-order valence-electron chi connectivity index (χ2n) is 1.89. The monoisotopic (exact) mass is 131 g/mol. The molecule has 0 N–H and O–H groups in total. The summed E-state index contributed by atoms with van der Waals surface area (Å²) in [4.78, 5) is 19.1. The highest BCUT2D eigenvalue weighted by atomic mass is 16.6. The molecule has 0 atom stereocenters. The zero-order valence-corrected chi connectivity index (χ0v) is 4.56. The number of nitrogens with zero attached hydrogens (tertiary/aromatic N) is 3. The molecule has 9 heavy (non-hydrogen) atoms. The van der Waals surface area contributed by atoms with Gasteiger partial charge in [-0.1, -0.05) is 0 Å². The van der Waals surface area contributed by atoms with Crippen molar-refractivity contribution >= 4 is 0 Å². The van der Waals surface area contributed by atoms with Crippen LogP contribution in [0.2, 0.25) is 0 Å². The summed E-state index contributed by atoms with van der Waals surface area (Å²) in [7, 11) is 0. The molecule has 0 radical (unpaired) electrons. The zero-order valence-electron chi connectivity index (χ0n) is 4.56. The topological polar surface area (TPSA) is 75.8 Å². The standard InChI is InChI=1S/C3H5N3O3/c7-4-5-1-3(2-5)6(8)9/h3H,1-2H2. The molecule has 0 aromatic heterocycles. The van der Waals surface area contributed by atoms with Crippen LogP contribution in [0.25, 0.3) is 0 Å². The van der Waals surface area contributed by atoms with Crippen LogP contribution in [0.4, 0.5) is 0 Å². The molecule has 1 fully saturated rings. The van der Waals surface area contributed by atoms with Crippen LogP contribution in [0, 0.1) is 15.0 Å². The van der Waals surface area contributed by atoms with E-state index in [-0.39, 0.29) is 13.1 Å². The Morgan fingerprint density at radius 2 is 2.22 bits per heavy atom. The molecular weight excluding hydrogens is 126 g/mol. The normalized spacial score (nSPS) is 18.9. The summed E-state index contributed by atoms with van der Waals surface area (Å²) in [6.45, 7) is 0.326. The fourth-order valence-corrected chi connectivity index (χ4v) is 0.633. The molecule has 1 rings (SSSR count). The van der Waals surface area contributed by atoms with E-state index < -0.39 is 11.0 Å². The minimum Gasteiger partial charge on any atom is -0.264 e. The number of nitro groups is 1. The maximum atomic E-state index is 9.88. The second kappa shape index (κ2) is 1.96. The van der Waals surface area contributed by atoms with Crippen molar-refractivity contribution in [1.82, 2.24) is 5.01 Å². The molecule has 0 aromatic carbocycles. The first-order valence-corrected chi connectivity index (χ1v) is 2.45. The van der Waals surface area contributed by atoms with E-state index in [9.17, 15) is 15.0 Å². The lowest BCUT2D eigenvalue weighted by Crippen LogP contribution is -2.51. The van der Waals surface area contributed by atoms with Gasteiger partial charge in [0, 0.05) is 4.92 Å². The molecule has 6 heteroatoms. The molecule has 6 nitrogen and oxygen atoms in total. The molecule has 1 saturated heterocycles. The Labute approximate surface area is 50.5 Å². The lowest BCUT2D eigenvalue weighted by atomic mass is 10.2. The Kier molecular flexibility index (Phi) is 1.29. The molecule has 0 spiro atoms. The van der Waals surface area contributed by atoms with Gasteiger partial charge in [-0.15, -0.1) is 4.91 Å². The minimum absolute atomic E-state index is 0.163. The van der Waals surface area contributed by atoms with Crippen molar-refractivity contribution in [3.05, 3.63) is 15.0 Å². The molecule has 1 aliphatic rings. The van der Waals surface area contributed by atoms with Crippen molar-refractivity contribution in [2.45, 2.75) is 6.04 Å². The molecule has 0 saturated carbocycles. The summed E-state index contributed by atoms with van der Waals surface area (Å²) in [5.74, 6) is 0. The highest BCUT2D eigenvalue weighted by Crippen LogP contribution is 2.09. The first-order chi connectivity index (χ1) is 4.24. The Hall–Kier alpha value is -1.20. The molecule has 0 aromatic rings. The third kappa shape index (κ3) is 0.956. The van der Waals surface area contributed by atoms with Gasteiger partial charge in [-0.3, -0.25) is 10.1 Å². The minimum atomic E-state index is -0.581. The van der Waals surface area contributed by atoms with E-state index >= 15 is 0 Å². The van der Waals surface area contributed by atoms with E-state index in [2.05, 4.69) is 5.29 Å². The third-order valence-electron chi connectivity index (χ3n) is 1.26. The van der Waals surface area contributed by atoms with Gasteiger partial charge >= 0.3 is 0 Å². The molecule has 1 aliphatic heterocycles. The van der Waals surface area contributed by atoms with Gasteiger partial charge in [-0.2, -0.15) is 0 Å². The van der Waals surface area contributed by atoms with Crippen molar-refractivity contribution in [2.24, 2.45) is 5.29 Å². The molecular formula is C3H5N3O3. The van der Waals surface area contributed by atoms with Gasteiger partial charge in [0.15, 0.2) is 0 Å². The predicted octanol–water partition coefficient (Wildman–Crippen LogP) is -0.371. The lowest BCUT2D eigenvalue weighted by Gasteiger charge is -2.26. The Morgan fingerprint density at radius 3 is 2.56 bits per heavy atom. The van der Waals surface area contributed by atoms with Crippen LogP contribution in [0.5, 0.6) is 0 Å². The SMILES string of the molecule is O=NN1CC([N+](=O)[O-])C1. The van der Waals surface area contributed by atoms with E-state index in [4.69, 9.17) is 0 Å². The highest BCUT2D eigenvalue weighted by molar-refractivity contribution is 4.75. The van der Waals surface area contributed by atoms with Crippen molar-refractivity contribution in [2.75, 3.05) is 13.1 Å². The van der Waals surface area contributed by atoms with Crippen molar-refractivity contribution in [3.8, 4) is 0 Å². The largest absolute Gasteiger partial charge is 0.264 e. The fourth-order valence-electron chi connectivity index (χ4n) is 0.633. The maximum absolute atomic E-state index is 9.88. The van der Waals surface area contributed by atoms with Crippen LogP contribution in [-0.2, 0) is 0 Å². The highest BCUT2D eigenvalue weighted by Gasteiger charge is 2.36. The zero-order chi connectivity index (χ0) is 6.85. The third-order valence-corrected chi connectivity index (χ3v) is 1.26. The van der Waals surface area contributed by atoms with Gasteiger partial charge in [0.25, 0.3) is 6.04 Å². The van der Waals surface area contributed by atoms with Crippen molar-refractivity contribution in [1.29, 1.82) is 0 Å². The summed E-state index contributed by atoms with van der Waals surface area (Å²) >= 11 is 0. The van der Waals surface area contributed by atoms with Gasteiger partial charge in [0.2, 0.25) is 0 Å². The molecule has 50 valence electrons. The number of hydrogen-bond acceptors (Lipinski definition) is 4. The number of nitroso groups, excluding NO2 is 1. The summed E-state index contributed by atoms with van der Waals surface area (Å²) in [6.07, 6.45) is 0. The smallest absolute Gasteiger partial charge is 0.251 e. The predicted molar refractivity (Wildman–Crippen MR) is 28.2 cm³/mol. The molecule has 0 amide bonds. The van der Waals surface area contributed by atoms with Gasteiger partial charge in [0.1, 0.15) is 13.1 Å². The van der Waals surface area contributed by atoms with Crippen LogP contribution in [0.15, 0.2) is 5.29 Å². The maximum Gasteiger partial charge on any atom is 0.251 e. The van der Waals surface area contributed by atoms with E-state index in [0.717, 1.165) is 5.01 Å². The van der Waals surface area contributed by atoms with Crippen LogP contribution in [0.1, 0.15) is 0 Å². The van der Waals surface area contributed by atoms with Gasteiger partial charge < -0.3 is 0 Å². The Balaban J connectivity index is 2.26. The Bertz CT molecular complexity index is 141.